The standard InChI is InChI=1S/C18H20ClN3O5S/c19-13-7-8-14(12-5-2-1-3-6-12)15(11-13)28(26,27)18(21,16(23)24)9-4-10-22-17(20)25/h1-3,5-8,11H,4,9-10,21H2,(H,23,24)(H3,20,22,25). The molecule has 28 heavy (non-hydrogen) atoms. The number of carbonyl (C=O) groups excluding carboxylic acids is 1. The average Bonchev–Trinajstić information content (AvgIpc) is 2.65. The maximum Gasteiger partial charge on any atom is 0.339 e. The van der Waals surface area contributed by atoms with E-state index in [2.05, 4.69) is 5.32 Å². The summed E-state index contributed by atoms with van der Waals surface area (Å²) in [7, 11) is -4.55. The number of primary amides is 1. The van der Waals surface area contributed by atoms with E-state index in [4.69, 9.17) is 23.1 Å². The molecule has 2 aromatic rings. The van der Waals surface area contributed by atoms with Crippen LogP contribution in [0.3, 0.4) is 0 Å². The monoisotopic (exact) mass is 425 g/mol. The van der Waals surface area contributed by atoms with Crippen molar-refractivity contribution >= 4 is 33.4 Å². The van der Waals surface area contributed by atoms with E-state index in [0.29, 0.717) is 5.56 Å². The average molecular weight is 426 g/mol. The van der Waals surface area contributed by atoms with Gasteiger partial charge < -0.3 is 21.9 Å². The van der Waals surface area contributed by atoms with Crippen molar-refractivity contribution < 1.29 is 23.1 Å². The Hall–Kier alpha value is -2.62. The Balaban J connectivity index is 2.52. The number of hydrogen-bond donors (Lipinski definition) is 4. The van der Waals surface area contributed by atoms with Gasteiger partial charge in [0.25, 0.3) is 0 Å². The van der Waals surface area contributed by atoms with Crippen LogP contribution in [0, 0.1) is 0 Å². The lowest BCUT2D eigenvalue weighted by atomic mass is 10.1. The molecule has 0 aliphatic rings. The Labute approximate surface area is 167 Å². The van der Waals surface area contributed by atoms with Crippen LogP contribution in [0.4, 0.5) is 4.79 Å². The highest BCUT2D eigenvalue weighted by molar-refractivity contribution is 7.93. The van der Waals surface area contributed by atoms with Crippen LogP contribution < -0.4 is 16.8 Å². The van der Waals surface area contributed by atoms with E-state index in [1.807, 2.05) is 0 Å². The fourth-order valence-corrected chi connectivity index (χ4v) is 4.72. The molecule has 0 bridgehead atoms. The quantitative estimate of drug-likeness (QED) is 0.474. The van der Waals surface area contributed by atoms with Gasteiger partial charge in [0.1, 0.15) is 0 Å². The van der Waals surface area contributed by atoms with E-state index in [-0.39, 0.29) is 28.4 Å². The summed E-state index contributed by atoms with van der Waals surface area (Å²) in [5.74, 6) is -1.70. The predicted octanol–water partition coefficient (Wildman–Crippen LogP) is 1.97. The van der Waals surface area contributed by atoms with Crippen LogP contribution in [-0.4, -0.2) is 36.9 Å². The number of hydrogen-bond acceptors (Lipinski definition) is 5. The van der Waals surface area contributed by atoms with E-state index in [9.17, 15) is 23.1 Å². The second-order valence-corrected chi connectivity index (χ2v) is 8.71. The topological polar surface area (TPSA) is 153 Å². The first-order valence-corrected chi connectivity index (χ1v) is 10.1. The van der Waals surface area contributed by atoms with E-state index >= 15 is 0 Å². The van der Waals surface area contributed by atoms with Crippen LogP contribution in [0.5, 0.6) is 0 Å². The van der Waals surface area contributed by atoms with Gasteiger partial charge in [-0.05, 0) is 30.5 Å². The minimum absolute atomic E-state index is 0.00773. The van der Waals surface area contributed by atoms with Gasteiger partial charge in [-0.3, -0.25) is 0 Å². The molecule has 10 heteroatoms. The molecule has 1 unspecified atom stereocenters. The molecule has 0 radical (unpaired) electrons. The van der Waals surface area contributed by atoms with Crippen LogP contribution in [0.15, 0.2) is 53.4 Å². The molecule has 0 spiro atoms. The first-order chi connectivity index (χ1) is 13.1. The van der Waals surface area contributed by atoms with Crippen molar-refractivity contribution in [2.24, 2.45) is 11.5 Å². The van der Waals surface area contributed by atoms with Gasteiger partial charge >= 0.3 is 12.0 Å². The number of nitrogens with two attached hydrogens (primary N) is 2. The fraction of sp³-hybridized carbons (Fsp3) is 0.222. The van der Waals surface area contributed by atoms with Crippen LogP contribution >= 0.6 is 11.6 Å². The van der Waals surface area contributed by atoms with Crippen molar-refractivity contribution in [3.63, 3.8) is 0 Å². The van der Waals surface area contributed by atoms with Crippen LogP contribution in [0.25, 0.3) is 11.1 Å². The number of urea groups is 1. The summed E-state index contributed by atoms with van der Waals surface area (Å²) in [6, 6.07) is 12.0. The normalized spacial score (nSPS) is 13.5. The molecule has 1 atom stereocenters. The molecule has 0 aromatic heterocycles. The van der Waals surface area contributed by atoms with E-state index in [0.717, 1.165) is 0 Å². The molecular formula is C18H20ClN3O5S. The van der Waals surface area contributed by atoms with Gasteiger partial charge in [0.2, 0.25) is 14.7 Å². The van der Waals surface area contributed by atoms with Crippen molar-refractivity contribution in [1.82, 2.24) is 5.32 Å². The highest BCUT2D eigenvalue weighted by atomic mass is 35.5. The molecule has 0 heterocycles. The van der Waals surface area contributed by atoms with Gasteiger partial charge in [-0.25, -0.2) is 18.0 Å². The second kappa shape index (κ2) is 8.59. The maximum absolute atomic E-state index is 13.3. The molecule has 2 amide bonds. The summed E-state index contributed by atoms with van der Waals surface area (Å²) in [6.45, 7) is -0.0157. The molecule has 150 valence electrons. The molecule has 0 aliphatic carbocycles. The number of carbonyl (C=O) groups is 2. The van der Waals surface area contributed by atoms with E-state index in [1.54, 1.807) is 30.3 Å². The SMILES string of the molecule is NC(=O)NCCCC(N)(C(=O)O)S(=O)(=O)c1cc(Cl)ccc1-c1ccccc1. The summed E-state index contributed by atoms with van der Waals surface area (Å²) in [4.78, 5) is 19.7. The van der Waals surface area contributed by atoms with Crippen LogP contribution in [0.2, 0.25) is 5.02 Å². The minimum atomic E-state index is -4.55. The summed E-state index contributed by atoms with van der Waals surface area (Å²) < 4.78 is 26.6. The molecule has 2 rings (SSSR count). The zero-order chi connectivity index (χ0) is 20.9. The highest BCUT2D eigenvalue weighted by Crippen LogP contribution is 2.35. The number of amides is 2. The number of rotatable bonds is 8. The largest absolute Gasteiger partial charge is 0.479 e. The van der Waals surface area contributed by atoms with E-state index < -0.39 is 33.1 Å². The van der Waals surface area contributed by atoms with Gasteiger partial charge in [-0.15, -0.1) is 0 Å². The summed E-state index contributed by atoms with van der Waals surface area (Å²) in [6.07, 6.45) is -0.447. The minimum Gasteiger partial charge on any atom is -0.479 e. The predicted molar refractivity (Wildman–Crippen MR) is 105 cm³/mol. The molecule has 0 fully saturated rings. The summed E-state index contributed by atoms with van der Waals surface area (Å²) in [5.41, 5.74) is 11.7. The molecule has 0 aliphatic heterocycles. The van der Waals surface area contributed by atoms with Gasteiger partial charge in [0.15, 0.2) is 0 Å². The lowest BCUT2D eigenvalue weighted by molar-refractivity contribution is -0.140. The van der Waals surface area contributed by atoms with Crippen LogP contribution in [0.1, 0.15) is 12.8 Å². The third kappa shape index (κ3) is 4.44. The van der Waals surface area contributed by atoms with Gasteiger partial charge in [0, 0.05) is 17.1 Å². The number of sulfone groups is 1. The Morgan fingerprint density at radius 3 is 2.36 bits per heavy atom. The number of carboxylic acids is 1. The molecule has 6 N–H and O–H groups in total. The molecule has 0 saturated carbocycles. The number of aliphatic carboxylic acids is 1. The smallest absolute Gasteiger partial charge is 0.339 e. The number of carboxylic acid groups (broad SMARTS) is 1. The molecule has 0 saturated heterocycles. The molecular weight excluding hydrogens is 406 g/mol. The van der Waals surface area contributed by atoms with Crippen molar-refractivity contribution in [3.8, 4) is 11.1 Å². The van der Waals surface area contributed by atoms with Crippen molar-refractivity contribution in [2.75, 3.05) is 6.54 Å². The van der Waals surface area contributed by atoms with E-state index in [1.165, 1.54) is 18.2 Å². The summed E-state index contributed by atoms with van der Waals surface area (Å²) >= 11 is 5.99. The van der Waals surface area contributed by atoms with Gasteiger partial charge in [-0.2, -0.15) is 0 Å². The number of halogens is 1. The zero-order valence-electron chi connectivity index (χ0n) is 14.8. The van der Waals surface area contributed by atoms with Crippen molar-refractivity contribution in [3.05, 3.63) is 53.6 Å². The van der Waals surface area contributed by atoms with Crippen LogP contribution in [-0.2, 0) is 14.6 Å². The second-order valence-electron chi connectivity index (χ2n) is 6.10. The first kappa shape index (κ1) is 21.7. The lowest BCUT2D eigenvalue weighted by Gasteiger charge is -2.26. The Morgan fingerprint density at radius 1 is 1.14 bits per heavy atom. The highest BCUT2D eigenvalue weighted by Gasteiger charge is 2.48. The third-order valence-electron chi connectivity index (χ3n) is 4.18. The molecule has 8 nitrogen and oxygen atoms in total. The number of nitrogens with one attached hydrogen (secondary N) is 1. The summed E-state index contributed by atoms with van der Waals surface area (Å²) in [5, 5.41) is 12.0. The Bertz CT molecular complexity index is 982. The maximum atomic E-state index is 13.3. The lowest BCUT2D eigenvalue weighted by Crippen LogP contribution is -2.55. The first-order valence-electron chi connectivity index (χ1n) is 8.25. The van der Waals surface area contributed by atoms with Gasteiger partial charge in [-0.1, -0.05) is 48.0 Å². The van der Waals surface area contributed by atoms with Gasteiger partial charge in [0.05, 0.1) is 4.90 Å². The van der Waals surface area contributed by atoms with Crippen molar-refractivity contribution in [1.29, 1.82) is 0 Å². The zero-order valence-corrected chi connectivity index (χ0v) is 16.3. The van der Waals surface area contributed by atoms with Crippen molar-refractivity contribution in [2.45, 2.75) is 22.6 Å². The number of benzene rings is 2. The molecule has 2 aromatic carbocycles. The third-order valence-corrected chi connectivity index (χ3v) is 6.67. The fourth-order valence-electron chi connectivity index (χ4n) is 2.69. The Morgan fingerprint density at radius 2 is 1.79 bits per heavy atom. The Kier molecular flexibility index (Phi) is 6.65.